The van der Waals surface area contributed by atoms with Crippen molar-refractivity contribution in [3.05, 3.63) is 51.9 Å². The summed E-state index contributed by atoms with van der Waals surface area (Å²) in [4.78, 5) is 15.0. The highest BCUT2D eigenvalue weighted by Crippen LogP contribution is 2.16. The molecule has 25 heavy (non-hydrogen) atoms. The Balaban J connectivity index is 1.56. The average Bonchev–Trinajstić information content (AvgIpc) is 3.15. The van der Waals surface area contributed by atoms with E-state index < -0.39 is 0 Å². The highest BCUT2D eigenvalue weighted by molar-refractivity contribution is 7.11. The molecule has 0 saturated heterocycles. The van der Waals surface area contributed by atoms with E-state index in [9.17, 15) is 0 Å². The summed E-state index contributed by atoms with van der Waals surface area (Å²) in [6, 6.07) is 6.03. The third kappa shape index (κ3) is 4.57. The Bertz CT molecular complexity index is 811. The van der Waals surface area contributed by atoms with Crippen molar-refractivity contribution in [2.24, 2.45) is 4.99 Å². The summed E-state index contributed by atoms with van der Waals surface area (Å²) in [5, 5.41) is 7.70. The van der Waals surface area contributed by atoms with Gasteiger partial charge in [0.2, 0.25) is 0 Å². The Morgan fingerprint density at radius 3 is 2.84 bits per heavy atom. The molecule has 3 aromatic heterocycles. The first-order chi connectivity index (χ1) is 12.2. The van der Waals surface area contributed by atoms with E-state index in [1.54, 1.807) is 11.3 Å². The van der Waals surface area contributed by atoms with E-state index in [1.807, 2.05) is 35.7 Å². The van der Waals surface area contributed by atoms with Gasteiger partial charge in [-0.25, -0.2) is 15.0 Å². The maximum atomic E-state index is 4.63. The van der Waals surface area contributed by atoms with Crippen LogP contribution in [-0.2, 0) is 13.0 Å². The number of pyridine rings is 1. The van der Waals surface area contributed by atoms with Crippen LogP contribution in [0.1, 0.15) is 28.2 Å². The van der Waals surface area contributed by atoms with Gasteiger partial charge in [0.15, 0.2) is 5.96 Å². The van der Waals surface area contributed by atoms with E-state index in [0.717, 1.165) is 47.5 Å². The molecule has 0 spiro atoms. The number of nitrogens with one attached hydrogen (secondary N) is 2. The van der Waals surface area contributed by atoms with Gasteiger partial charge < -0.3 is 15.0 Å². The molecule has 3 heterocycles. The van der Waals surface area contributed by atoms with Crippen molar-refractivity contribution in [1.82, 2.24) is 25.0 Å². The zero-order valence-corrected chi connectivity index (χ0v) is 15.7. The van der Waals surface area contributed by atoms with E-state index in [-0.39, 0.29) is 0 Å². The highest BCUT2D eigenvalue weighted by atomic mass is 32.1. The van der Waals surface area contributed by atoms with Crippen LogP contribution in [0.25, 0.3) is 5.65 Å². The molecule has 0 radical (unpaired) electrons. The number of rotatable bonds is 6. The van der Waals surface area contributed by atoms with E-state index in [0.29, 0.717) is 6.54 Å². The molecule has 0 bridgehead atoms. The van der Waals surface area contributed by atoms with Gasteiger partial charge in [0.1, 0.15) is 10.7 Å². The Kier molecular flexibility index (Phi) is 5.65. The van der Waals surface area contributed by atoms with Crippen molar-refractivity contribution < 1.29 is 0 Å². The van der Waals surface area contributed by atoms with Gasteiger partial charge in [-0.1, -0.05) is 6.07 Å². The number of hydrogen-bond acceptors (Lipinski definition) is 4. The number of nitrogens with zero attached hydrogens (tertiary/aromatic N) is 4. The second-order valence-corrected chi connectivity index (χ2v) is 7.11. The number of guanidine groups is 1. The fourth-order valence-corrected chi connectivity index (χ4v) is 3.37. The number of hydrogen-bond donors (Lipinski definition) is 2. The molecule has 0 aromatic carbocycles. The summed E-state index contributed by atoms with van der Waals surface area (Å²) < 4.78 is 2.04. The summed E-state index contributed by atoms with van der Waals surface area (Å²) >= 11 is 1.71. The van der Waals surface area contributed by atoms with Crippen LogP contribution in [0.3, 0.4) is 0 Å². The molecule has 0 atom stereocenters. The fraction of sp³-hybridized carbons (Fsp3) is 0.389. The SMILES string of the molecule is CCNC(=NCc1nc(C)c(C)s1)NCCc1cn2ccccc2n1. The molecule has 0 amide bonds. The van der Waals surface area contributed by atoms with Crippen LogP contribution in [0.5, 0.6) is 0 Å². The van der Waals surface area contributed by atoms with Crippen LogP contribution < -0.4 is 10.6 Å². The minimum absolute atomic E-state index is 0.600. The molecule has 0 unspecified atom stereocenters. The molecular weight excluding hydrogens is 332 g/mol. The third-order valence-corrected chi connectivity index (χ3v) is 4.93. The summed E-state index contributed by atoms with van der Waals surface area (Å²) in [7, 11) is 0. The van der Waals surface area contributed by atoms with E-state index in [1.165, 1.54) is 4.88 Å². The smallest absolute Gasteiger partial charge is 0.191 e. The van der Waals surface area contributed by atoms with Crippen molar-refractivity contribution in [3.63, 3.8) is 0 Å². The first-order valence-corrected chi connectivity index (χ1v) is 9.35. The van der Waals surface area contributed by atoms with Crippen LogP contribution in [0, 0.1) is 13.8 Å². The Morgan fingerprint density at radius 1 is 1.24 bits per heavy atom. The number of thiazole rings is 1. The van der Waals surface area contributed by atoms with Crippen LogP contribution in [0.2, 0.25) is 0 Å². The zero-order chi connectivity index (χ0) is 17.6. The van der Waals surface area contributed by atoms with Gasteiger partial charge in [0.25, 0.3) is 0 Å². The molecule has 0 aliphatic rings. The first-order valence-electron chi connectivity index (χ1n) is 8.53. The monoisotopic (exact) mass is 356 g/mol. The molecule has 3 aromatic rings. The lowest BCUT2D eigenvalue weighted by molar-refractivity contribution is 0.790. The van der Waals surface area contributed by atoms with Gasteiger partial charge in [-0.15, -0.1) is 11.3 Å². The molecule has 2 N–H and O–H groups in total. The van der Waals surface area contributed by atoms with Crippen LogP contribution in [0.15, 0.2) is 35.6 Å². The van der Waals surface area contributed by atoms with Crippen LogP contribution in [0.4, 0.5) is 0 Å². The van der Waals surface area contributed by atoms with Crippen molar-refractivity contribution >= 4 is 22.9 Å². The molecule has 7 heteroatoms. The van der Waals surface area contributed by atoms with Crippen LogP contribution >= 0.6 is 11.3 Å². The van der Waals surface area contributed by atoms with Crippen molar-refractivity contribution in [2.45, 2.75) is 33.7 Å². The summed E-state index contributed by atoms with van der Waals surface area (Å²) in [6.07, 6.45) is 4.94. The lowest BCUT2D eigenvalue weighted by Gasteiger charge is -2.10. The lowest BCUT2D eigenvalue weighted by atomic mass is 10.3. The minimum Gasteiger partial charge on any atom is -0.357 e. The number of aromatic nitrogens is 3. The average molecular weight is 356 g/mol. The summed E-state index contributed by atoms with van der Waals surface area (Å²) in [6.45, 7) is 8.41. The Labute approximate surface area is 152 Å². The number of fused-ring (bicyclic) bond motifs is 1. The van der Waals surface area contributed by atoms with Crippen molar-refractivity contribution in [3.8, 4) is 0 Å². The molecular formula is C18H24N6S. The van der Waals surface area contributed by atoms with Gasteiger partial charge >= 0.3 is 0 Å². The molecule has 0 aliphatic carbocycles. The number of imidazole rings is 1. The quantitative estimate of drug-likeness (QED) is 0.526. The van der Waals surface area contributed by atoms with Gasteiger partial charge in [0.05, 0.1) is 17.9 Å². The zero-order valence-electron chi connectivity index (χ0n) is 14.9. The summed E-state index contributed by atoms with van der Waals surface area (Å²) in [5.41, 5.74) is 3.15. The molecule has 0 fully saturated rings. The molecule has 6 nitrogen and oxygen atoms in total. The lowest BCUT2D eigenvalue weighted by Crippen LogP contribution is -2.38. The second-order valence-electron chi connectivity index (χ2n) is 5.82. The highest BCUT2D eigenvalue weighted by Gasteiger charge is 2.05. The fourth-order valence-electron chi connectivity index (χ4n) is 2.51. The van der Waals surface area contributed by atoms with E-state index in [4.69, 9.17) is 0 Å². The van der Waals surface area contributed by atoms with E-state index >= 15 is 0 Å². The number of aryl methyl sites for hydroxylation is 2. The Morgan fingerprint density at radius 2 is 2.12 bits per heavy atom. The largest absolute Gasteiger partial charge is 0.357 e. The first kappa shape index (κ1) is 17.4. The van der Waals surface area contributed by atoms with Crippen LogP contribution in [-0.4, -0.2) is 33.4 Å². The summed E-state index contributed by atoms with van der Waals surface area (Å²) in [5.74, 6) is 0.816. The second kappa shape index (κ2) is 8.11. The number of aliphatic imine (C=N–C) groups is 1. The Hall–Kier alpha value is -2.41. The minimum atomic E-state index is 0.600. The maximum absolute atomic E-state index is 4.63. The normalized spacial score (nSPS) is 11.9. The molecule has 3 rings (SSSR count). The maximum Gasteiger partial charge on any atom is 0.191 e. The molecule has 132 valence electrons. The standard InChI is InChI=1S/C18H24N6S/c1-4-19-18(21-11-17-22-13(2)14(3)25-17)20-9-8-15-12-24-10-6-5-7-16(24)23-15/h5-7,10,12H,4,8-9,11H2,1-3H3,(H2,19,20,21). The van der Waals surface area contributed by atoms with Gasteiger partial charge in [0, 0.05) is 36.8 Å². The van der Waals surface area contributed by atoms with Gasteiger partial charge in [-0.3, -0.25) is 0 Å². The topological polar surface area (TPSA) is 66.6 Å². The van der Waals surface area contributed by atoms with Crippen molar-refractivity contribution in [1.29, 1.82) is 0 Å². The van der Waals surface area contributed by atoms with Crippen molar-refractivity contribution in [2.75, 3.05) is 13.1 Å². The van der Waals surface area contributed by atoms with Gasteiger partial charge in [-0.2, -0.15) is 0 Å². The van der Waals surface area contributed by atoms with Gasteiger partial charge in [-0.05, 0) is 32.9 Å². The predicted octanol–water partition coefficient (Wildman–Crippen LogP) is 2.71. The molecule has 0 saturated carbocycles. The third-order valence-electron chi connectivity index (χ3n) is 3.88. The molecule has 0 aliphatic heterocycles. The van der Waals surface area contributed by atoms with E-state index in [2.05, 4.69) is 45.6 Å². The predicted molar refractivity (Wildman–Crippen MR) is 103 cm³/mol.